The minimum absolute atomic E-state index is 0.193. The van der Waals surface area contributed by atoms with Crippen LogP contribution < -0.4 is 10.6 Å². The first-order valence-electron chi connectivity index (χ1n) is 6.22. The monoisotopic (exact) mass is 360 g/mol. The zero-order valence-corrected chi connectivity index (χ0v) is 13.2. The topological polar surface area (TPSA) is 66.9 Å². The number of alkyl halides is 3. The number of nitrogens with one attached hydrogen (secondary N) is 2. The molecule has 0 saturated carbocycles. The summed E-state index contributed by atoms with van der Waals surface area (Å²) in [7, 11) is 0. The molecule has 0 unspecified atom stereocenters. The molecule has 1 aromatic carbocycles. The number of nitrogens with zero attached hydrogens (tertiary/aromatic N) is 2. The summed E-state index contributed by atoms with van der Waals surface area (Å²) >= 11 is 2.27. The minimum atomic E-state index is -4.55. The van der Waals surface area contributed by atoms with Crippen molar-refractivity contribution in [3.63, 3.8) is 0 Å². The average molecular weight is 360 g/mol. The Balaban J connectivity index is 2.03. The van der Waals surface area contributed by atoms with E-state index in [4.69, 9.17) is 0 Å². The van der Waals surface area contributed by atoms with E-state index in [9.17, 15) is 18.0 Å². The first kappa shape index (κ1) is 17.3. The largest absolute Gasteiger partial charge is 0.418 e. The van der Waals surface area contributed by atoms with Crippen LogP contribution in [0.5, 0.6) is 0 Å². The SMILES string of the molecule is C=CCSc1nsc(NC(=O)Nc2ccccc2C(F)(F)F)n1. The molecule has 2 aromatic rings. The summed E-state index contributed by atoms with van der Waals surface area (Å²) in [6.07, 6.45) is -2.87. The zero-order valence-electron chi connectivity index (χ0n) is 11.6. The smallest absolute Gasteiger partial charge is 0.307 e. The van der Waals surface area contributed by atoms with E-state index >= 15 is 0 Å². The van der Waals surface area contributed by atoms with E-state index in [1.54, 1.807) is 6.08 Å². The Morgan fingerprint density at radius 1 is 1.35 bits per heavy atom. The van der Waals surface area contributed by atoms with Gasteiger partial charge in [-0.2, -0.15) is 22.5 Å². The molecule has 2 N–H and O–H groups in total. The molecule has 5 nitrogen and oxygen atoms in total. The van der Waals surface area contributed by atoms with Crippen molar-refractivity contribution in [1.29, 1.82) is 0 Å². The lowest BCUT2D eigenvalue weighted by Crippen LogP contribution is -2.21. The molecule has 122 valence electrons. The van der Waals surface area contributed by atoms with Crippen LogP contribution in [0, 0.1) is 0 Å². The van der Waals surface area contributed by atoms with Gasteiger partial charge in [0, 0.05) is 17.3 Å². The Kier molecular flexibility index (Phi) is 5.61. The summed E-state index contributed by atoms with van der Waals surface area (Å²) in [4.78, 5) is 15.8. The van der Waals surface area contributed by atoms with Crippen LogP contribution in [0.3, 0.4) is 0 Å². The molecule has 1 heterocycles. The van der Waals surface area contributed by atoms with Gasteiger partial charge in [0.2, 0.25) is 10.3 Å². The highest BCUT2D eigenvalue weighted by Gasteiger charge is 2.33. The van der Waals surface area contributed by atoms with Crippen LogP contribution >= 0.6 is 23.3 Å². The number of thioether (sulfide) groups is 1. The van der Waals surface area contributed by atoms with Gasteiger partial charge >= 0.3 is 12.2 Å². The number of aromatic nitrogens is 2. The fourth-order valence-corrected chi connectivity index (χ4v) is 2.82. The van der Waals surface area contributed by atoms with E-state index in [-0.39, 0.29) is 10.8 Å². The maximum atomic E-state index is 12.8. The summed E-state index contributed by atoms with van der Waals surface area (Å²) in [6, 6.07) is 3.90. The van der Waals surface area contributed by atoms with Crippen molar-refractivity contribution in [2.75, 3.05) is 16.4 Å². The van der Waals surface area contributed by atoms with E-state index in [0.717, 1.165) is 17.6 Å². The molecule has 23 heavy (non-hydrogen) atoms. The summed E-state index contributed by atoms with van der Waals surface area (Å²) in [6.45, 7) is 3.56. The highest BCUT2D eigenvalue weighted by molar-refractivity contribution is 7.99. The van der Waals surface area contributed by atoms with Crippen molar-refractivity contribution >= 4 is 40.1 Å². The number of amides is 2. The lowest BCUT2D eigenvalue weighted by atomic mass is 10.1. The highest BCUT2D eigenvalue weighted by Crippen LogP contribution is 2.34. The fraction of sp³-hybridized carbons (Fsp3) is 0.154. The number of anilines is 2. The Morgan fingerprint density at radius 2 is 2.09 bits per heavy atom. The third-order valence-electron chi connectivity index (χ3n) is 2.44. The van der Waals surface area contributed by atoms with Gasteiger partial charge in [-0.1, -0.05) is 30.0 Å². The Bertz CT molecular complexity index is 703. The Morgan fingerprint density at radius 3 is 2.78 bits per heavy atom. The van der Waals surface area contributed by atoms with E-state index in [0.29, 0.717) is 10.9 Å². The van der Waals surface area contributed by atoms with Crippen LogP contribution in [-0.2, 0) is 6.18 Å². The maximum Gasteiger partial charge on any atom is 0.418 e. The summed E-state index contributed by atoms with van der Waals surface area (Å²) in [5.41, 5.74) is -1.25. The third kappa shape index (κ3) is 4.96. The molecular weight excluding hydrogens is 349 g/mol. The molecule has 0 spiro atoms. The van der Waals surface area contributed by atoms with Crippen molar-refractivity contribution in [3.05, 3.63) is 42.5 Å². The van der Waals surface area contributed by atoms with Gasteiger partial charge in [0.1, 0.15) is 0 Å². The van der Waals surface area contributed by atoms with Crippen LogP contribution in [0.4, 0.5) is 28.8 Å². The second-order valence-corrected chi connectivity index (χ2v) is 5.84. The second kappa shape index (κ2) is 7.47. The number of hydrogen-bond donors (Lipinski definition) is 2. The lowest BCUT2D eigenvalue weighted by molar-refractivity contribution is -0.136. The standard InChI is InChI=1S/C13H11F3N4OS2/c1-2-7-22-12-19-11(23-20-12)18-10(21)17-9-6-4-3-5-8(9)13(14,15)16/h2-6H,1,7H2,(H2,17,18,19,20,21). The van der Waals surface area contributed by atoms with Gasteiger partial charge in [-0.25, -0.2) is 4.79 Å². The molecule has 0 aliphatic carbocycles. The van der Waals surface area contributed by atoms with Gasteiger partial charge in [-0.05, 0) is 12.1 Å². The zero-order chi connectivity index (χ0) is 16.9. The molecule has 0 bridgehead atoms. The van der Waals surface area contributed by atoms with Crippen LogP contribution in [0.2, 0.25) is 0 Å². The molecule has 1 aromatic heterocycles. The van der Waals surface area contributed by atoms with Gasteiger partial charge in [0.15, 0.2) is 0 Å². The average Bonchev–Trinajstić information content (AvgIpc) is 2.91. The van der Waals surface area contributed by atoms with Crippen LogP contribution in [0.25, 0.3) is 0 Å². The van der Waals surface area contributed by atoms with E-state index in [2.05, 4.69) is 26.6 Å². The maximum absolute atomic E-state index is 12.8. The van der Waals surface area contributed by atoms with Gasteiger partial charge in [0.05, 0.1) is 11.3 Å². The molecule has 0 atom stereocenters. The first-order valence-corrected chi connectivity index (χ1v) is 7.97. The van der Waals surface area contributed by atoms with Gasteiger partial charge in [0.25, 0.3) is 0 Å². The van der Waals surface area contributed by atoms with Crippen molar-refractivity contribution in [1.82, 2.24) is 9.36 Å². The van der Waals surface area contributed by atoms with Crippen molar-refractivity contribution < 1.29 is 18.0 Å². The van der Waals surface area contributed by atoms with Crippen LogP contribution in [0.15, 0.2) is 42.1 Å². The second-order valence-electron chi connectivity index (χ2n) is 4.10. The van der Waals surface area contributed by atoms with Crippen molar-refractivity contribution in [3.8, 4) is 0 Å². The van der Waals surface area contributed by atoms with E-state index < -0.39 is 17.8 Å². The number of carbonyl (C=O) groups is 1. The molecule has 0 fully saturated rings. The summed E-state index contributed by atoms with van der Waals surface area (Å²) < 4.78 is 42.5. The summed E-state index contributed by atoms with van der Waals surface area (Å²) in [5, 5.41) is 5.17. The first-order chi connectivity index (χ1) is 10.9. The molecule has 0 radical (unpaired) electrons. The Hall–Kier alpha value is -2.07. The number of rotatable bonds is 5. The summed E-state index contributed by atoms with van der Waals surface area (Å²) in [5.74, 6) is 0.612. The van der Waals surface area contributed by atoms with E-state index in [1.165, 1.54) is 30.0 Å². The molecule has 0 aliphatic heterocycles. The number of hydrogen-bond acceptors (Lipinski definition) is 5. The predicted molar refractivity (Wildman–Crippen MR) is 84.9 cm³/mol. The number of carbonyl (C=O) groups excluding carboxylic acids is 1. The minimum Gasteiger partial charge on any atom is -0.307 e. The number of halogens is 3. The van der Waals surface area contributed by atoms with Crippen molar-refractivity contribution in [2.24, 2.45) is 0 Å². The molecule has 2 rings (SSSR count). The van der Waals surface area contributed by atoms with Gasteiger partial charge in [-0.3, -0.25) is 5.32 Å². The number of urea groups is 1. The molecular formula is C13H11F3N4OS2. The quantitative estimate of drug-likeness (QED) is 0.609. The van der Waals surface area contributed by atoms with E-state index in [1.807, 2.05) is 0 Å². The van der Waals surface area contributed by atoms with Crippen LogP contribution in [-0.4, -0.2) is 21.1 Å². The molecule has 2 amide bonds. The van der Waals surface area contributed by atoms with Crippen LogP contribution in [0.1, 0.15) is 5.56 Å². The number of para-hydroxylation sites is 1. The fourth-order valence-electron chi connectivity index (χ4n) is 1.54. The van der Waals surface area contributed by atoms with Gasteiger partial charge < -0.3 is 5.32 Å². The normalized spacial score (nSPS) is 11.1. The highest BCUT2D eigenvalue weighted by atomic mass is 32.2. The number of benzene rings is 1. The lowest BCUT2D eigenvalue weighted by Gasteiger charge is -2.13. The van der Waals surface area contributed by atoms with Crippen molar-refractivity contribution in [2.45, 2.75) is 11.3 Å². The Labute approximate surface area is 138 Å². The molecule has 10 heteroatoms. The molecule has 0 saturated heterocycles. The van der Waals surface area contributed by atoms with Gasteiger partial charge in [-0.15, -0.1) is 6.58 Å². The third-order valence-corrected chi connectivity index (χ3v) is 4.03. The molecule has 0 aliphatic rings. The predicted octanol–water partition coefficient (Wildman–Crippen LogP) is 4.48.